The number of ether oxygens (including phenoxy) is 2. The maximum absolute atomic E-state index is 13.7. The van der Waals surface area contributed by atoms with Crippen molar-refractivity contribution in [2.24, 2.45) is 5.92 Å². The Bertz CT molecular complexity index is 1170. The number of carbonyl (C=O) groups excluding carboxylic acids is 2. The molecule has 9 nitrogen and oxygen atoms in total. The molecule has 40 heavy (non-hydrogen) atoms. The quantitative estimate of drug-likeness (QED) is 0.242. The van der Waals surface area contributed by atoms with E-state index in [1.165, 1.54) is 7.11 Å². The summed E-state index contributed by atoms with van der Waals surface area (Å²) in [5, 5.41) is 33.2. The highest BCUT2D eigenvalue weighted by Crippen LogP contribution is 2.37. The van der Waals surface area contributed by atoms with Gasteiger partial charge in [0, 0.05) is 25.1 Å². The van der Waals surface area contributed by atoms with Crippen LogP contribution in [0.1, 0.15) is 37.8 Å². The van der Waals surface area contributed by atoms with Gasteiger partial charge in [0.15, 0.2) is 11.5 Å². The van der Waals surface area contributed by atoms with E-state index < -0.39 is 24.2 Å². The third kappa shape index (κ3) is 8.42. The molecule has 10 heteroatoms. The zero-order valence-corrected chi connectivity index (χ0v) is 25.3. The molecule has 2 aromatic rings. The van der Waals surface area contributed by atoms with Crippen molar-refractivity contribution < 1.29 is 34.4 Å². The molecule has 218 valence electrons. The normalized spacial score (nSPS) is 18.7. The summed E-state index contributed by atoms with van der Waals surface area (Å²) in [5.74, 6) is 0.517. The maximum Gasteiger partial charge on any atom is 0.247 e. The predicted molar refractivity (Wildman–Crippen MR) is 160 cm³/mol. The minimum absolute atomic E-state index is 0.0766. The lowest BCUT2D eigenvalue weighted by Crippen LogP contribution is -2.55. The zero-order chi connectivity index (χ0) is 29.2. The molecule has 0 spiro atoms. The molecule has 2 aromatic carbocycles. The average Bonchev–Trinajstić information content (AvgIpc) is 2.94. The molecule has 1 aliphatic carbocycles. The summed E-state index contributed by atoms with van der Waals surface area (Å²) in [6.45, 7) is 4.24. The minimum Gasteiger partial charge on any atom is -0.493 e. The lowest BCUT2D eigenvalue weighted by molar-refractivity contribution is -0.138. The molecule has 0 heterocycles. The summed E-state index contributed by atoms with van der Waals surface area (Å²) in [5.41, 5.74) is 1.86. The van der Waals surface area contributed by atoms with Gasteiger partial charge < -0.3 is 35.0 Å². The van der Waals surface area contributed by atoms with E-state index >= 15 is 0 Å². The second kappa shape index (κ2) is 15.4. The highest BCUT2D eigenvalue weighted by Gasteiger charge is 2.40. The fourth-order valence-electron chi connectivity index (χ4n) is 4.64. The maximum atomic E-state index is 13.7. The summed E-state index contributed by atoms with van der Waals surface area (Å²) in [6, 6.07) is 12.1. The fourth-order valence-corrected chi connectivity index (χ4v) is 5.43. The van der Waals surface area contributed by atoms with Crippen LogP contribution in [0.4, 0.5) is 0 Å². The predicted octanol–water partition coefficient (Wildman–Crippen LogP) is 2.83. The average molecular weight is 667 g/mol. The number of rotatable bonds is 13. The van der Waals surface area contributed by atoms with Crippen LogP contribution in [0.5, 0.6) is 11.5 Å². The van der Waals surface area contributed by atoms with Crippen molar-refractivity contribution in [3.63, 3.8) is 0 Å². The van der Waals surface area contributed by atoms with E-state index in [0.717, 1.165) is 12.0 Å². The topological polar surface area (TPSA) is 129 Å². The summed E-state index contributed by atoms with van der Waals surface area (Å²) < 4.78 is 12.5. The first-order valence-electron chi connectivity index (χ1n) is 13.4. The Kier molecular flexibility index (Phi) is 12.2. The van der Waals surface area contributed by atoms with Crippen LogP contribution in [0.25, 0.3) is 0 Å². The number of amides is 2. The summed E-state index contributed by atoms with van der Waals surface area (Å²) in [4.78, 5) is 28.4. The molecule has 1 aliphatic rings. The van der Waals surface area contributed by atoms with Gasteiger partial charge in [-0.15, -0.1) is 0 Å². The number of aliphatic hydroxyl groups is 3. The molecular formula is C30H39IN2O7. The Morgan fingerprint density at radius 3 is 2.50 bits per heavy atom. The second-order valence-electron chi connectivity index (χ2n) is 10.2. The van der Waals surface area contributed by atoms with Gasteiger partial charge >= 0.3 is 0 Å². The van der Waals surface area contributed by atoms with Crippen molar-refractivity contribution in [2.45, 2.75) is 58.0 Å². The van der Waals surface area contributed by atoms with Crippen LogP contribution < -0.4 is 14.8 Å². The van der Waals surface area contributed by atoms with Gasteiger partial charge in [-0.05, 0) is 64.3 Å². The van der Waals surface area contributed by atoms with Crippen LogP contribution in [0.2, 0.25) is 0 Å². The van der Waals surface area contributed by atoms with E-state index in [1.54, 1.807) is 23.1 Å². The van der Waals surface area contributed by atoms with Gasteiger partial charge in [0.2, 0.25) is 11.8 Å². The van der Waals surface area contributed by atoms with Crippen LogP contribution in [0.3, 0.4) is 0 Å². The van der Waals surface area contributed by atoms with Gasteiger partial charge in [-0.2, -0.15) is 0 Å². The minimum atomic E-state index is -1.14. The van der Waals surface area contributed by atoms with Crippen LogP contribution in [-0.4, -0.2) is 77.1 Å². The molecule has 4 N–H and O–H groups in total. The van der Waals surface area contributed by atoms with Crippen LogP contribution >= 0.6 is 22.6 Å². The molecule has 3 rings (SSSR count). The van der Waals surface area contributed by atoms with Gasteiger partial charge in [0.25, 0.3) is 0 Å². The van der Waals surface area contributed by atoms with Crippen LogP contribution in [-0.2, 0) is 22.6 Å². The van der Waals surface area contributed by atoms with E-state index in [2.05, 4.69) is 41.8 Å². The Labute approximate surface area is 249 Å². The van der Waals surface area contributed by atoms with Crippen molar-refractivity contribution in [1.29, 1.82) is 0 Å². The molecule has 0 fully saturated rings. The highest BCUT2D eigenvalue weighted by atomic mass is 127. The van der Waals surface area contributed by atoms with E-state index in [9.17, 15) is 24.9 Å². The molecule has 0 radical (unpaired) electrons. The highest BCUT2D eigenvalue weighted by molar-refractivity contribution is 14.1. The lowest BCUT2D eigenvalue weighted by atomic mass is 9.87. The number of nitrogens with zero attached hydrogens (tertiary/aromatic N) is 1. The molecule has 3 atom stereocenters. The molecule has 0 aliphatic heterocycles. The zero-order valence-electron chi connectivity index (χ0n) is 23.2. The van der Waals surface area contributed by atoms with Crippen LogP contribution in [0.15, 0.2) is 54.1 Å². The molecule has 0 aromatic heterocycles. The Hall–Kier alpha value is -2.67. The first-order valence-corrected chi connectivity index (χ1v) is 14.5. The number of nitrogens with one attached hydrogen (secondary N) is 1. The lowest BCUT2D eigenvalue weighted by Gasteiger charge is -2.41. The Balaban J connectivity index is 2.00. The summed E-state index contributed by atoms with van der Waals surface area (Å²) in [6.07, 6.45) is 0.485. The molecular weight excluding hydrogens is 627 g/mol. The van der Waals surface area contributed by atoms with Crippen molar-refractivity contribution in [2.75, 3.05) is 26.8 Å². The van der Waals surface area contributed by atoms with Gasteiger partial charge in [-0.1, -0.05) is 44.2 Å². The molecule has 0 saturated heterocycles. The fraction of sp³-hybridized carbons (Fsp3) is 0.467. The number of carbonyl (C=O) groups is 2. The molecule has 0 saturated carbocycles. The largest absolute Gasteiger partial charge is 0.493 e. The van der Waals surface area contributed by atoms with E-state index in [1.807, 2.05) is 30.3 Å². The number of benzene rings is 2. The van der Waals surface area contributed by atoms with E-state index in [0.29, 0.717) is 38.7 Å². The van der Waals surface area contributed by atoms with Crippen molar-refractivity contribution in [1.82, 2.24) is 10.2 Å². The number of methoxy groups -OCH3 is 1. The first-order chi connectivity index (χ1) is 19.2. The van der Waals surface area contributed by atoms with Gasteiger partial charge in [-0.25, -0.2) is 0 Å². The van der Waals surface area contributed by atoms with Gasteiger partial charge in [0.05, 0.1) is 36.4 Å². The van der Waals surface area contributed by atoms with Crippen molar-refractivity contribution >= 4 is 34.4 Å². The number of hydrogen-bond acceptors (Lipinski definition) is 7. The monoisotopic (exact) mass is 666 g/mol. The first kappa shape index (κ1) is 31.9. The van der Waals surface area contributed by atoms with E-state index in [-0.39, 0.29) is 38.5 Å². The smallest absolute Gasteiger partial charge is 0.247 e. The Morgan fingerprint density at radius 2 is 1.88 bits per heavy atom. The molecule has 0 unspecified atom stereocenters. The van der Waals surface area contributed by atoms with Crippen molar-refractivity contribution in [3.05, 3.63) is 68.8 Å². The SMILES string of the molecule is COc1cc(CO)cc(I)c1O[C@H]1C=C(C(=O)NCCO)C[C@@H](N(CCC(C)C)C(=O)Cc2ccccc2)[C@@H]1O. The molecule has 0 bridgehead atoms. The Morgan fingerprint density at radius 1 is 1.15 bits per heavy atom. The second-order valence-corrected chi connectivity index (χ2v) is 11.4. The summed E-state index contributed by atoms with van der Waals surface area (Å²) in [7, 11) is 1.49. The third-order valence-electron chi connectivity index (χ3n) is 6.81. The standard InChI is InChI=1S/C30H39IN2O7/c1-19(2)9-11-33(27(36)15-20-7-5-4-6-8-20)24-16-22(30(38)32-10-12-34)17-25(28(24)37)40-29-23(31)13-21(18-35)14-26(29)39-3/h4-8,13-14,17,19,24-25,28,34-35,37H,9-12,15-16,18H2,1-3H3,(H,32,38)/t24-,25+,28+/m1/s1. The van der Waals surface area contributed by atoms with Gasteiger partial charge in [-0.3, -0.25) is 9.59 Å². The number of halogens is 1. The molecule has 2 amide bonds. The third-order valence-corrected chi connectivity index (χ3v) is 7.61. The van der Waals surface area contributed by atoms with Crippen LogP contribution in [0, 0.1) is 9.49 Å². The number of aliphatic hydroxyl groups excluding tert-OH is 3. The number of hydrogen-bond donors (Lipinski definition) is 4. The van der Waals surface area contributed by atoms with E-state index in [4.69, 9.17) is 9.47 Å². The van der Waals surface area contributed by atoms with Crippen molar-refractivity contribution in [3.8, 4) is 11.5 Å². The van der Waals surface area contributed by atoms with Gasteiger partial charge in [0.1, 0.15) is 12.2 Å². The summed E-state index contributed by atoms with van der Waals surface area (Å²) >= 11 is 2.07.